The van der Waals surface area contributed by atoms with Crippen LogP contribution in [0.4, 0.5) is 17.6 Å². The third-order valence-corrected chi connectivity index (χ3v) is 6.33. The van der Waals surface area contributed by atoms with E-state index in [9.17, 15) is 17.6 Å². The molecule has 0 N–H and O–H groups in total. The summed E-state index contributed by atoms with van der Waals surface area (Å²) in [5.74, 6) is -2.23. The van der Waals surface area contributed by atoms with Crippen LogP contribution in [0.2, 0.25) is 0 Å². The standard InChI is InChI=1S/C26H27F4N/c1-2-3-4-5-18-12-23(27)21(24(28)13-18)11-8-17-6-9-19(10-7-17)20-14-25(29)22(16-31)26(30)15-20/h2-3,12-15,17,19H,4-11H2,1H3/b3-2+. The molecule has 164 valence electrons. The molecule has 0 spiro atoms. The van der Waals surface area contributed by atoms with Crippen molar-refractivity contribution in [3.05, 3.63) is 81.9 Å². The Hall–Kier alpha value is -2.61. The predicted octanol–water partition coefficient (Wildman–Crippen LogP) is 7.53. The Labute approximate surface area is 181 Å². The van der Waals surface area contributed by atoms with Crippen molar-refractivity contribution in [2.24, 2.45) is 5.92 Å². The van der Waals surface area contributed by atoms with Gasteiger partial charge >= 0.3 is 0 Å². The first kappa shape index (κ1) is 23.1. The fraction of sp³-hybridized carbons (Fsp3) is 0.423. The van der Waals surface area contributed by atoms with Crippen molar-refractivity contribution in [1.29, 1.82) is 5.26 Å². The van der Waals surface area contributed by atoms with Crippen LogP contribution in [0.15, 0.2) is 36.4 Å². The molecule has 0 saturated heterocycles. The van der Waals surface area contributed by atoms with Crippen LogP contribution >= 0.6 is 0 Å². The Morgan fingerprint density at radius 3 is 2.06 bits per heavy atom. The highest BCUT2D eigenvalue weighted by Crippen LogP contribution is 2.38. The number of allylic oxidation sites excluding steroid dienone is 2. The van der Waals surface area contributed by atoms with E-state index in [1.807, 2.05) is 19.1 Å². The summed E-state index contributed by atoms with van der Waals surface area (Å²) in [6, 6.07) is 6.94. The topological polar surface area (TPSA) is 23.8 Å². The molecule has 1 aliphatic carbocycles. The quantitative estimate of drug-likeness (QED) is 0.330. The highest BCUT2D eigenvalue weighted by atomic mass is 19.1. The molecule has 0 heterocycles. The number of nitrogens with zero attached hydrogens (tertiary/aromatic N) is 1. The zero-order valence-electron chi connectivity index (χ0n) is 17.7. The van der Waals surface area contributed by atoms with Gasteiger partial charge in [-0.05, 0) is 106 Å². The molecule has 1 nitrogen and oxygen atoms in total. The van der Waals surface area contributed by atoms with Crippen LogP contribution < -0.4 is 0 Å². The minimum Gasteiger partial charge on any atom is -0.207 e. The summed E-state index contributed by atoms with van der Waals surface area (Å²) < 4.78 is 56.7. The first-order valence-electron chi connectivity index (χ1n) is 10.9. The highest BCUT2D eigenvalue weighted by molar-refractivity contribution is 5.36. The molecule has 1 saturated carbocycles. The first-order chi connectivity index (χ1) is 14.9. The maximum Gasteiger partial charge on any atom is 0.144 e. The lowest BCUT2D eigenvalue weighted by molar-refractivity contribution is 0.307. The molecule has 0 aromatic heterocycles. The van der Waals surface area contributed by atoms with Crippen molar-refractivity contribution in [2.45, 2.75) is 64.2 Å². The minimum absolute atomic E-state index is 0.0397. The molecule has 1 fully saturated rings. The molecule has 3 rings (SSSR count). The number of hydrogen-bond donors (Lipinski definition) is 0. The van der Waals surface area contributed by atoms with E-state index in [4.69, 9.17) is 5.26 Å². The van der Waals surface area contributed by atoms with Crippen molar-refractivity contribution in [3.8, 4) is 6.07 Å². The van der Waals surface area contributed by atoms with Gasteiger partial charge in [0.25, 0.3) is 0 Å². The van der Waals surface area contributed by atoms with E-state index in [0.29, 0.717) is 36.3 Å². The first-order valence-corrected chi connectivity index (χ1v) is 10.9. The van der Waals surface area contributed by atoms with Crippen LogP contribution in [0.25, 0.3) is 0 Å². The molecule has 2 aromatic carbocycles. The monoisotopic (exact) mass is 429 g/mol. The normalized spacial score (nSPS) is 19.0. The van der Waals surface area contributed by atoms with Crippen molar-refractivity contribution < 1.29 is 17.6 Å². The van der Waals surface area contributed by atoms with Gasteiger partial charge < -0.3 is 0 Å². The summed E-state index contributed by atoms with van der Waals surface area (Å²) in [5.41, 5.74) is 0.847. The molecule has 0 atom stereocenters. The molecular formula is C26H27F4N. The summed E-state index contributed by atoms with van der Waals surface area (Å²) in [5, 5.41) is 8.80. The molecule has 2 aromatic rings. The van der Waals surface area contributed by atoms with E-state index in [1.54, 1.807) is 6.07 Å². The van der Waals surface area contributed by atoms with E-state index < -0.39 is 28.8 Å². The van der Waals surface area contributed by atoms with E-state index >= 15 is 0 Å². The lowest BCUT2D eigenvalue weighted by Crippen LogP contribution is -2.15. The second kappa shape index (κ2) is 10.6. The van der Waals surface area contributed by atoms with Crippen LogP contribution in [-0.2, 0) is 12.8 Å². The maximum absolute atomic E-state index is 14.4. The largest absolute Gasteiger partial charge is 0.207 e. The van der Waals surface area contributed by atoms with Gasteiger partial charge in [0.2, 0.25) is 0 Å². The molecule has 0 bridgehead atoms. The molecule has 0 aliphatic heterocycles. The van der Waals surface area contributed by atoms with Crippen molar-refractivity contribution in [3.63, 3.8) is 0 Å². The lowest BCUT2D eigenvalue weighted by atomic mass is 9.76. The van der Waals surface area contributed by atoms with Gasteiger partial charge in [-0.2, -0.15) is 5.26 Å². The molecule has 0 unspecified atom stereocenters. The number of nitriles is 1. The number of halogens is 4. The van der Waals surface area contributed by atoms with Gasteiger partial charge in [-0.3, -0.25) is 0 Å². The number of benzene rings is 2. The van der Waals surface area contributed by atoms with Crippen molar-refractivity contribution in [1.82, 2.24) is 0 Å². The SMILES string of the molecule is C/C=C/CCc1cc(F)c(CCC2CCC(c3cc(F)c(C#N)c(F)c3)CC2)c(F)c1. The fourth-order valence-corrected chi connectivity index (χ4v) is 4.52. The zero-order chi connectivity index (χ0) is 22.4. The van der Waals surface area contributed by atoms with Gasteiger partial charge in [0, 0.05) is 5.56 Å². The zero-order valence-corrected chi connectivity index (χ0v) is 17.7. The van der Waals surface area contributed by atoms with Crippen LogP contribution in [0.3, 0.4) is 0 Å². The molecule has 5 heteroatoms. The van der Waals surface area contributed by atoms with Crippen molar-refractivity contribution >= 4 is 0 Å². The average Bonchev–Trinajstić information content (AvgIpc) is 2.73. The Bertz CT molecular complexity index is 935. The Morgan fingerprint density at radius 2 is 1.52 bits per heavy atom. The maximum atomic E-state index is 14.4. The minimum atomic E-state index is -0.820. The Morgan fingerprint density at radius 1 is 0.903 bits per heavy atom. The molecular weight excluding hydrogens is 402 g/mol. The third-order valence-electron chi connectivity index (χ3n) is 6.33. The molecule has 31 heavy (non-hydrogen) atoms. The Balaban J connectivity index is 1.56. The van der Waals surface area contributed by atoms with Crippen LogP contribution in [-0.4, -0.2) is 0 Å². The van der Waals surface area contributed by atoms with Crippen molar-refractivity contribution in [2.75, 3.05) is 0 Å². The third kappa shape index (κ3) is 5.76. The van der Waals surface area contributed by atoms with Crippen LogP contribution in [0.5, 0.6) is 0 Å². The second-order valence-electron chi connectivity index (χ2n) is 8.37. The Kier molecular flexibility index (Phi) is 7.90. The van der Waals surface area contributed by atoms with E-state index in [0.717, 1.165) is 32.1 Å². The second-order valence-corrected chi connectivity index (χ2v) is 8.37. The summed E-state index contributed by atoms with van der Waals surface area (Å²) in [6.45, 7) is 1.92. The lowest BCUT2D eigenvalue weighted by Gasteiger charge is -2.29. The van der Waals surface area contributed by atoms with Gasteiger partial charge in [0.05, 0.1) is 0 Å². The van der Waals surface area contributed by atoms with E-state index in [-0.39, 0.29) is 11.5 Å². The summed E-state index contributed by atoms with van der Waals surface area (Å²) in [4.78, 5) is 0. The summed E-state index contributed by atoms with van der Waals surface area (Å²) in [7, 11) is 0. The van der Waals surface area contributed by atoms with Gasteiger partial charge in [-0.25, -0.2) is 17.6 Å². The van der Waals surface area contributed by atoms with Gasteiger partial charge in [0.15, 0.2) is 0 Å². The van der Waals surface area contributed by atoms with E-state index in [1.165, 1.54) is 24.3 Å². The molecule has 0 radical (unpaired) electrons. The van der Waals surface area contributed by atoms with Gasteiger partial charge in [-0.1, -0.05) is 12.2 Å². The fourth-order valence-electron chi connectivity index (χ4n) is 4.52. The van der Waals surface area contributed by atoms with Gasteiger partial charge in [0.1, 0.15) is 34.9 Å². The number of aryl methyl sites for hydroxylation is 1. The summed E-state index contributed by atoms with van der Waals surface area (Å²) >= 11 is 0. The van der Waals surface area contributed by atoms with Gasteiger partial charge in [-0.15, -0.1) is 0 Å². The summed E-state index contributed by atoms with van der Waals surface area (Å²) in [6.07, 6.45) is 9.53. The molecule has 1 aliphatic rings. The number of rotatable bonds is 7. The molecule has 0 amide bonds. The van der Waals surface area contributed by atoms with E-state index in [2.05, 4.69) is 0 Å². The smallest absolute Gasteiger partial charge is 0.144 e. The number of hydrogen-bond acceptors (Lipinski definition) is 1. The van der Waals surface area contributed by atoms with Crippen LogP contribution in [0.1, 0.15) is 73.6 Å². The highest BCUT2D eigenvalue weighted by Gasteiger charge is 2.25. The predicted molar refractivity (Wildman–Crippen MR) is 114 cm³/mol. The average molecular weight is 430 g/mol. The van der Waals surface area contributed by atoms with Crippen LogP contribution in [0, 0.1) is 40.5 Å².